The molecule has 1 aromatic carbocycles. The Kier molecular flexibility index (Phi) is 4.91. The Hall–Kier alpha value is -0.603. The molecule has 0 amide bonds. The molecular weight excluding hydrogens is 188 g/mol. The predicted molar refractivity (Wildman–Crippen MR) is 62.7 cm³/mol. The molecule has 1 rings (SSSR count). The second kappa shape index (κ2) is 5.99. The van der Waals surface area contributed by atoms with Crippen molar-refractivity contribution < 1.29 is 4.43 Å². The van der Waals surface area contributed by atoms with Crippen LogP contribution in [0.1, 0.15) is 25.0 Å². The van der Waals surface area contributed by atoms with Crippen molar-refractivity contribution in [2.75, 3.05) is 0 Å². The van der Waals surface area contributed by atoms with Crippen LogP contribution >= 0.6 is 0 Å². The monoisotopic (exact) mass is 207 g/mol. The highest BCUT2D eigenvalue weighted by Gasteiger charge is 2.07. The van der Waals surface area contributed by atoms with Crippen molar-refractivity contribution in [3.05, 3.63) is 35.4 Å². The van der Waals surface area contributed by atoms with Crippen LogP contribution in [0.25, 0.3) is 0 Å². The molecule has 14 heavy (non-hydrogen) atoms. The molecule has 0 aliphatic carbocycles. The fourth-order valence-electron chi connectivity index (χ4n) is 1.41. The number of aryl methyl sites for hydroxylation is 1. The molecule has 0 bridgehead atoms. The molecule has 0 N–H and O–H groups in total. The van der Waals surface area contributed by atoms with Crippen molar-refractivity contribution in [1.29, 1.82) is 0 Å². The molecule has 0 fully saturated rings. The molecule has 1 radical (unpaired) electrons. The van der Waals surface area contributed by atoms with E-state index in [2.05, 4.69) is 45.0 Å². The summed E-state index contributed by atoms with van der Waals surface area (Å²) in [6.45, 7) is 7.37. The molecule has 0 atom stereocenters. The van der Waals surface area contributed by atoms with E-state index in [-0.39, 0.29) is 0 Å². The van der Waals surface area contributed by atoms with Crippen LogP contribution in [0.5, 0.6) is 0 Å². The quantitative estimate of drug-likeness (QED) is 0.671. The lowest BCUT2D eigenvalue weighted by Crippen LogP contribution is -2.15. The van der Waals surface area contributed by atoms with E-state index in [4.69, 9.17) is 4.43 Å². The van der Waals surface area contributed by atoms with E-state index < -0.39 is 9.04 Å². The van der Waals surface area contributed by atoms with Gasteiger partial charge in [-0.25, -0.2) is 0 Å². The molecule has 0 saturated carbocycles. The lowest BCUT2D eigenvalue weighted by atomic mass is 10.1. The number of rotatable bonds is 5. The van der Waals surface area contributed by atoms with Crippen LogP contribution in [0.3, 0.4) is 0 Å². The van der Waals surface area contributed by atoms with Gasteiger partial charge in [-0.2, -0.15) is 0 Å². The second-order valence-electron chi connectivity index (χ2n) is 3.46. The van der Waals surface area contributed by atoms with Gasteiger partial charge < -0.3 is 4.43 Å². The predicted octanol–water partition coefficient (Wildman–Crippen LogP) is 3.54. The lowest BCUT2D eigenvalue weighted by molar-refractivity contribution is 0.307. The minimum Gasteiger partial charge on any atom is -0.412 e. The van der Waals surface area contributed by atoms with E-state index in [1.165, 1.54) is 23.2 Å². The lowest BCUT2D eigenvalue weighted by Gasteiger charge is -2.12. The molecular formula is C12H19OSi. The third kappa shape index (κ3) is 3.27. The average Bonchev–Trinajstić information content (AvgIpc) is 2.22. The summed E-state index contributed by atoms with van der Waals surface area (Å²) in [5.41, 5.74) is 2.66. The molecule has 0 aromatic heterocycles. The van der Waals surface area contributed by atoms with Crippen LogP contribution in [0, 0.1) is 6.92 Å². The number of benzene rings is 1. The van der Waals surface area contributed by atoms with Gasteiger partial charge in [0.15, 0.2) is 0 Å². The summed E-state index contributed by atoms with van der Waals surface area (Å²) in [6, 6.07) is 10.9. The van der Waals surface area contributed by atoms with Gasteiger partial charge in [0, 0.05) is 0 Å². The second-order valence-corrected chi connectivity index (χ2v) is 6.24. The van der Waals surface area contributed by atoms with E-state index in [0.29, 0.717) is 0 Å². The van der Waals surface area contributed by atoms with E-state index in [9.17, 15) is 0 Å². The molecule has 0 saturated heterocycles. The maximum atomic E-state index is 5.91. The summed E-state index contributed by atoms with van der Waals surface area (Å²) in [7, 11) is -0.537. The number of hydrogen-bond donors (Lipinski definition) is 0. The molecule has 0 aliphatic rings. The van der Waals surface area contributed by atoms with Crippen molar-refractivity contribution in [2.24, 2.45) is 0 Å². The van der Waals surface area contributed by atoms with Crippen LogP contribution < -0.4 is 0 Å². The number of hydrogen-bond acceptors (Lipinski definition) is 1. The highest BCUT2D eigenvalue weighted by molar-refractivity contribution is 6.51. The van der Waals surface area contributed by atoms with E-state index in [1.807, 2.05) is 0 Å². The Balaban J connectivity index is 2.49. The Morgan fingerprint density at radius 1 is 1.14 bits per heavy atom. The Bertz CT molecular complexity index is 269. The van der Waals surface area contributed by atoms with Crippen molar-refractivity contribution >= 4 is 9.04 Å². The van der Waals surface area contributed by atoms with Crippen molar-refractivity contribution in [3.63, 3.8) is 0 Å². The van der Waals surface area contributed by atoms with Gasteiger partial charge in [-0.05, 0) is 30.1 Å². The smallest absolute Gasteiger partial charge is 0.211 e. The van der Waals surface area contributed by atoms with Crippen LogP contribution in [0.2, 0.25) is 12.1 Å². The first-order valence-electron chi connectivity index (χ1n) is 5.30. The molecule has 0 aliphatic heterocycles. The van der Waals surface area contributed by atoms with E-state index in [0.717, 1.165) is 6.61 Å². The van der Waals surface area contributed by atoms with E-state index >= 15 is 0 Å². The van der Waals surface area contributed by atoms with Gasteiger partial charge in [0.05, 0.1) is 6.61 Å². The normalized spacial score (nSPS) is 10.9. The zero-order chi connectivity index (χ0) is 10.4. The SMILES string of the molecule is CC[Si](CC)OCc1ccccc1C. The minimum atomic E-state index is -0.537. The molecule has 0 unspecified atom stereocenters. The topological polar surface area (TPSA) is 9.23 Å². The fraction of sp³-hybridized carbons (Fsp3) is 0.500. The van der Waals surface area contributed by atoms with Crippen molar-refractivity contribution in [1.82, 2.24) is 0 Å². The Morgan fingerprint density at radius 2 is 1.79 bits per heavy atom. The summed E-state index contributed by atoms with van der Waals surface area (Å²) < 4.78 is 5.91. The van der Waals surface area contributed by atoms with Gasteiger partial charge in [-0.1, -0.05) is 38.1 Å². The van der Waals surface area contributed by atoms with Crippen LogP contribution in [-0.2, 0) is 11.0 Å². The zero-order valence-corrected chi connectivity index (χ0v) is 10.3. The first kappa shape index (κ1) is 11.5. The summed E-state index contributed by atoms with van der Waals surface area (Å²) >= 11 is 0. The van der Waals surface area contributed by atoms with Gasteiger partial charge in [-0.15, -0.1) is 0 Å². The van der Waals surface area contributed by atoms with Gasteiger partial charge >= 0.3 is 0 Å². The van der Waals surface area contributed by atoms with Gasteiger partial charge in [0.1, 0.15) is 0 Å². The average molecular weight is 207 g/mol. The first-order chi connectivity index (χ1) is 6.77. The zero-order valence-electron chi connectivity index (χ0n) is 9.34. The first-order valence-corrected chi connectivity index (χ1v) is 7.12. The summed E-state index contributed by atoms with van der Waals surface area (Å²) in [4.78, 5) is 0. The van der Waals surface area contributed by atoms with Crippen LogP contribution in [-0.4, -0.2) is 9.04 Å². The van der Waals surface area contributed by atoms with Crippen LogP contribution in [0.4, 0.5) is 0 Å². The van der Waals surface area contributed by atoms with E-state index in [1.54, 1.807) is 0 Å². The van der Waals surface area contributed by atoms with Gasteiger partial charge in [-0.3, -0.25) is 0 Å². The molecule has 0 spiro atoms. The molecule has 2 heteroatoms. The van der Waals surface area contributed by atoms with Crippen LogP contribution in [0.15, 0.2) is 24.3 Å². The summed E-state index contributed by atoms with van der Waals surface area (Å²) in [5, 5.41) is 0. The van der Waals surface area contributed by atoms with Gasteiger partial charge in [0.25, 0.3) is 0 Å². The van der Waals surface area contributed by atoms with Crippen molar-refractivity contribution in [3.8, 4) is 0 Å². The highest BCUT2D eigenvalue weighted by Crippen LogP contribution is 2.10. The molecule has 0 heterocycles. The Labute approximate surface area is 88.8 Å². The largest absolute Gasteiger partial charge is 0.412 e. The standard InChI is InChI=1S/C12H19OSi/c1-4-14(5-2)13-10-12-9-7-6-8-11(12)3/h6-9H,4-5,10H2,1-3H3. The summed E-state index contributed by atoms with van der Waals surface area (Å²) in [5.74, 6) is 0. The maximum absolute atomic E-state index is 5.91. The minimum absolute atomic E-state index is 0.537. The molecule has 1 aromatic rings. The third-order valence-corrected chi connectivity index (χ3v) is 4.61. The highest BCUT2D eigenvalue weighted by atomic mass is 28.3. The molecule has 77 valence electrons. The Morgan fingerprint density at radius 3 is 2.36 bits per heavy atom. The maximum Gasteiger partial charge on any atom is 0.211 e. The fourth-order valence-corrected chi connectivity index (χ4v) is 2.67. The van der Waals surface area contributed by atoms with Gasteiger partial charge in [0.2, 0.25) is 9.04 Å². The van der Waals surface area contributed by atoms with Crippen molar-refractivity contribution in [2.45, 2.75) is 39.5 Å². The third-order valence-electron chi connectivity index (χ3n) is 2.48. The summed E-state index contributed by atoms with van der Waals surface area (Å²) in [6.07, 6.45) is 0. The molecule has 1 nitrogen and oxygen atoms in total.